The molecule has 2 fully saturated rings. The first-order valence-corrected chi connectivity index (χ1v) is 7.14. The van der Waals surface area contributed by atoms with E-state index in [4.69, 9.17) is 0 Å². The van der Waals surface area contributed by atoms with Gasteiger partial charge in [-0.2, -0.15) is 0 Å². The average molecular weight is 259 g/mol. The van der Waals surface area contributed by atoms with E-state index in [1.807, 2.05) is 0 Å². The van der Waals surface area contributed by atoms with Gasteiger partial charge in [-0.25, -0.2) is 8.78 Å². The van der Waals surface area contributed by atoms with Crippen LogP contribution >= 0.6 is 0 Å². The highest BCUT2D eigenvalue weighted by molar-refractivity contribution is 5.79. The van der Waals surface area contributed by atoms with Gasteiger partial charge in [0.25, 0.3) is 0 Å². The fourth-order valence-electron chi connectivity index (χ4n) is 3.03. The first-order chi connectivity index (χ1) is 8.46. The summed E-state index contributed by atoms with van der Waals surface area (Å²) in [5.74, 6) is -1.58. The maximum Gasteiger partial charge on any atom is 0.248 e. The van der Waals surface area contributed by atoms with Crippen LogP contribution in [0.1, 0.15) is 58.3 Å². The van der Waals surface area contributed by atoms with E-state index in [2.05, 4.69) is 12.2 Å². The molecule has 0 atom stereocenters. The minimum atomic E-state index is -2.51. The third-order valence-electron chi connectivity index (χ3n) is 4.45. The summed E-state index contributed by atoms with van der Waals surface area (Å²) in [6.07, 6.45) is 4.80. The van der Waals surface area contributed by atoms with Crippen LogP contribution in [0, 0.1) is 11.8 Å². The lowest BCUT2D eigenvalue weighted by Crippen LogP contribution is -2.43. The van der Waals surface area contributed by atoms with Crippen LogP contribution in [0.5, 0.6) is 0 Å². The molecule has 1 N–H and O–H groups in total. The van der Waals surface area contributed by atoms with Crippen LogP contribution < -0.4 is 5.32 Å². The van der Waals surface area contributed by atoms with Crippen LogP contribution in [-0.4, -0.2) is 17.9 Å². The van der Waals surface area contributed by atoms with Gasteiger partial charge in [0, 0.05) is 24.8 Å². The first-order valence-electron chi connectivity index (χ1n) is 7.14. The molecule has 0 aromatic rings. The zero-order chi connectivity index (χ0) is 13.2. The lowest BCUT2D eigenvalue weighted by molar-refractivity contribution is -0.128. The number of alkyl halides is 2. The van der Waals surface area contributed by atoms with Crippen LogP contribution in [0.2, 0.25) is 0 Å². The molecule has 0 radical (unpaired) electrons. The number of halogens is 2. The standard InChI is InChI=1S/C14H23F2NO/c1-10-2-4-11(5-3-10)13(18)17-12-6-8-14(15,16)9-7-12/h10-12H,2-9H2,1H3,(H,17,18). The zero-order valence-corrected chi connectivity index (χ0v) is 11.1. The van der Waals surface area contributed by atoms with E-state index < -0.39 is 5.92 Å². The van der Waals surface area contributed by atoms with E-state index in [9.17, 15) is 13.6 Å². The monoisotopic (exact) mass is 259 g/mol. The Kier molecular flexibility index (Phi) is 4.23. The summed E-state index contributed by atoms with van der Waals surface area (Å²) in [4.78, 5) is 12.0. The highest BCUT2D eigenvalue weighted by Gasteiger charge is 2.36. The van der Waals surface area contributed by atoms with Gasteiger partial charge in [-0.05, 0) is 44.4 Å². The van der Waals surface area contributed by atoms with Crippen LogP contribution in [-0.2, 0) is 4.79 Å². The lowest BCUT2D eigenvalue weighted by Gasteiger charge is -2.31. The van der Waals surface area contributed by atoms with Crippen molar-refractivity contribution < 1.29 is 13.6 Å². The van der Waals surface area contributed by atoms with E-state index in [1.165, 1.54) is 0 Å². The maximum absolute atomic E-state index is 13.0. The second-order valence-corrected chi connectivity index (χ2v) is 6.10. The summed E-state index contributed by atoms with van der Waals surface area (Å²) in [6.45, 7) is 2.22. The molecule has 2 nitrogen and oxygen atoms in total. The molecule has 0 heterocycles. The van der Waals surface area contributed by atoms with E-state index >= 15 is 0 Å². The van der Waals surface area contributed by atoms with Crippen LogP contribution in [0.15, 0.2) is 0 Å². The van der Waals surface area contributed by atoms with Gasteiger partial charge in [0.15, 0.2) is 0 Å². The van der Waals surface area contributed by atoms with E-state index in [0.29, 0.717) is 12.8 Å². The van der Waals surface area contributed by atoms with Crippen molar-refractivity contribution in [3.8, 4) is 0 Å². The van der Waals surface area contributed by atoms with Crippen molar-refractivity contribution in [1.29, 1.82) is 0 Å². The van der Waals surface area contributed by atoms with Crippen LogP contribution in [0.4, 0.5) is 8.78 Å². The van der Waals surface area contributed by atoms with Crippen molar-refractivity contribution in [3.05, 3.63) is 0 Å². The number of carbonyl (C=O) groups excluding carboxylic acids is 1. The molecule has 18 heavy (non-hydrogen) atoms. The van der Waals surface area contributed by atoms with Gasteiger partial charge in [-0.3, -0.25) is 4.79 Å². The largest absolute Gasteiger partial charge is 0.353 e. The number of rotatable bonds is 2. The highest BCUT2D eigenvalue weighted by atomic mass is 19.3. The van der Waals surface area contributed by atoms with Crippen molar-refractivity contribution in [3.63, 3.8) is 0 Å². The molecular weight excluding hydrogens is 236 g/mol. The second kappa shape index (κ2) is 5.54. The zero-order valence-electron chi connectivity index (χ0n) is 11.1. The maximum atomic E-state index is 13.0. The molecule has 0 bridgehead atoms. The Balaban J connectivity index is 1.75. The Morgan fingerprint density at radius 1 is 1.06 bits per heavy atom. The second-order valence-electron chi connectivity index (χ2n) is 6.10. The third kappa shape index (κ3) is 3.66. The SMILES string of the molecule is CC1CCC(C(=O)NC2CCC(F)(F)CC2)CC1. The van der Waals surface area contributed by atoms with E-state index in [1.54, 1.807) is 0 Å². The van der Waals surface area contributed by atoms with Crippen molar-refractivity contribution in [2.45, 2.75) is 70.3 Å². The molecule has 0 unspecified atom stereocenters. The topological polar surface area (TPSA) is 29.1 Å². The molecule has 0 aliphatic heterocycles. The predicted molar refractivity (Wildman–Crippen MR) is 66.5 cm³/mol. The number of hydrogen-bond acceptors (Lipinski definition) is 1. The molecule has 1 amide bonds. The summed E-state index contributed by atoms with van der Waals surface area (Å²) in [5.41, 5.74) is 0. The molecule has 0 aromatic carbocycles. The van der Waals surface area contributed by atoms with Crippen molar-refractivity contribution >= 4 is 5.91 Å². The first kappa shape index (κ1) is 13.8. The normalized spacial score (nSPS) is 33.1. The number of hydrogen-bond donors (Lipinski definition) is 1. The smallest absolute Gasteiger partial charge is 0.248 e. The molecule has 4 heteroatoms. The fraction of sp³-hybridized carbons (Fsp3) is 0.929. The lowest BCUT2D eigenvalue weighted by atomic mass is 9.82. The Labute approximate surface area is 108 Å². The summed E-state index contributed by atoms with van der Waals surface area (Å²) in [5, 5.41) is 2.97. The predicted octanol–water partition coefficient (Wildman–Crippen LogP) is 3.51. The quantitative estimate of drug-likeness (QED) is 0.808. The molecule has 2 aliphatic carbocycles. The van der Waals surface area contributed by atoms with E-state index in [0.717, 1.165) is 31.6 Å². The summed E-state index contributed by atoms with van der Waals surface area (Å²) < 4.78 is 26.0. The van der Waals surface area contributed by atoms with Gasteiger partial charge in [0.2, 0.25) is 11.8 Å². The molecule has 0 spiro atoms. The average Bonchev–Trinajstić information content (AvgIpc) is 2.33. The number of carbonyl (C=O) groups is 1. The minimum Gasteiger partial charge on any atom is -0.353 e. The van der Waals surface area contributed by atoms with Crippen molar-refractivity contribution in [2.24, 2.45) is 11.8 Å². The summed E-state index contributed by atoms with van der Waals surface area (Å²) in [7, 11) is 0. The van der Waals surface area contributed by atoms with E-state index in [-0.39, 0.29) is 30.7 Å². The van der Waals surface area contributed by atoms with Gasteiger partial charge in [0.05, 0.1) is 0 Å². The van der Waals surface area contributed by atoms with Gasteiger partial charge in [-0.1, -0.05) is 6.92 Å². The van der Waals surface area contributed by atoms with Gasteiger partial charge in [-0.15, -0.1) is 0 Å². The Morgan fingerprint density at radius 2 is 1.61 bits per heavy atom. The molecular formula is C14H23F2NO. The van der Waals surface area contributed by atoms with Crippen LogP contribution in [0.25, 0.3) is 0 Å². The van der Waals surface area contributed by atoms with Gasteiger partial charge in [0.1, 0.15) is 0 Å². The van der Waals surface area contributed by atoms with Gasteiger partial charge < -0.3 is 5.32 Å². The van der Waals surface area contributed by atoms with Gasteiger partial charge >= 0.3 is 0 Å². The van der Waals surface area contributed by atoms with Crippen molar-refractivity contribution in [2.75, 3.05) is 0 Å². The molecule has 2 rings (SSSR count). The van der Waals surface area contributed by atoms with Crippen LogP contribution in [0.3, 0.4) is 0 Å². The summed E-state index contributed by atoms with van der Waals surface area (Å²) >= 11 is 0. The highest BCUT2D eigenvalue weighted by Crippen LogP contribution is 2.34. The fourth-order valence-corrected chi connectivity index (χ4v) is 3.03. The summed E-state index contributed by atoms with van der Waals surface area (Å²) in [6, 6.07) is -0.0310. The molecule has 2 aliphatic rings. The minimum absolute atomic E-state index is 0.0310. The number of amides is 1. The third-order valence-corrected chi connectivity index (χ3v) is 4.45. The Hall–Kier alpha value is -0.670. The molecule has 0 aromatic heterocycles. The molecule has 104 valence electrons. The molecule has 2 saturated carbocycles. The molecule has 0 saturated heterocycles. The Morgan fingerprint density at radius 3 is 2.17 bits per heavy atom. The number of nitrogens with one attached hydrogen (secondary N) is 1. The van der Waals surface area contributed by atoms with Crippen molar-refractivity contribution in [1.82, 2.24) is 5.32 Å². The Bertz CT molecular complexity index is 288.